The Morgan fingerprint density at radius 2 is 1.77 bits per heavy atom. The summed E-state index contributed by atoms with van der Waals surface area (Å²) in [6, 6.07) is 0. The second-order valence-corrected chi connectivity index (χ2v) is 2.87. The van der Waals surface area contributed by atoms with Crippen molar-refractivity contribution in [1.29, 1.82) is 0 Å². The van der Waals surface area contributed by atoms with Crippen molar-refractivity contribution in [2.24, 2.45) is 0 Å². The maximum absolute atomic E-state index is 11.2. The molecule has 1 saturated heterocycles. The third kappa shape index (κ3) is 4.88. The minimum atomic E-state index is 0.132. The average Bonchev–Trinajstić information content (AvgIpc) is 2.23. The lowest BCUT2D eigenvalue weighted by atomic mass is 10.1. The lowest BCUT2D eigenvalue weighted by molar-refractivity contribution is -0.136. The fraction of sp³-hybridized carbons (Fsp3) is 0.900. The molecule has 13 heavy (non-hydrogen) atoms. The van der Waals surface area contributed by atoms with Crippen LogP contribution in [0.3, 0.4) is 0 Å². The van der Waals surface area contributed by atoms with Crippen LogP contribution in [0.25, 0.3) is 0 Å². The number of hydrogen-bond acceptors (Lipinski definition) is 2. The zero-order valence-electron chi connectivity index (χ0n) is 9.01. The van der Waals surface area contributed by atoms with Crippen molar-refractivity contribution in [3.63, 3.8) is 0 Å². The lowest BCUT2D eigenvalue weighted by Crippen LogP contribution is -2.37. The molecule has 0 atom stereocenters. The molecule has 0 saturated carbocycles. The van der Waals surface area contributed by atoms with Crippen LogP contribution in [0.2, 0.25) is 0 Å². The van der Waals surface area contributed by atoms with E-state index in [1.54, 1.807) is 7.11 Å². The number of rotatable bonds is 2. The van der Waals surface area contributed by atoms with Crippen LogP contribution in [0.15, 0.2) is 0 Å². The smallest absolute Gasteiger partial charge is 0.248 e. The zero-order valence-corrected chi connectivity index (χ0v) is 9.01. The van der Waals surface area contributed by atoms with Crippen LogP contribution in [0, 0.1) is 0 Å². The minimum Gasteiger partial charge on any atom is -0.375 e. The maximum Gasteiger partial charge on any atom is 0.248 e. The Bertz CT molecular complexity index is 131. The zero-order chi connectivity index (χ0) is 10.1. The number of methoxy groups -OCH3 is 1. The molecule has 1 amide bonds. The first kappa shape index (κ1) is 12.4. The number of carbonyl (C=O) groups excluding carboxylic acids is 1. The lowest BCUT2D eigenvalue weighted by Gasteiger charge is -2.26. The Morgan fingerprint density at radius 1 is 1.23 bits per heavy atom. The normalized spacial score (nSPS) is 16.1. The highest BCUT2D eigenvalue weighted by atomic mass is 16.5. The number of likely N-dealkylation sites (tertiary alicyclic amines) is 1. The predicted molar refractivity (Wildman–Crippen MR) is 53.7 cm³/mol. The van der Waals surface area contributed by atoms with E-state index in [-0.39, 0.29) is 12.5 Å². The van der Waals surface area contributed by atoms with Gasteiger partial charge in [0, 0.05) is 20.2 Å². The molecule has 0 N–H and O–H groups in total. The molecule has 0 aromatic carbocycles. The SMILES string of the molecule is CC.COCC(=O)N1CCCCC1. The largest absolute Gasteiger partial charge is 0.375 e. The van der Waals surface area contributed by atoms with Crippen LogP contribution in [0.1, 0.15) is 33.1 Å². The minimum absolute atomic E-state index is 0.132. The number of carbonyl (C=O) groups is 1. The molecule has 1 fully saturated rings. The summed E-state index contributed by atoms with van der Waals surface area (Å²) in [4.78, 5) is 13.1. The average molecular weight is 187 g/mol. The van der Waals surface area contributed by atoms with Gasteiger partial charge < -0.3 is 9.64 Å². The Kier molecular flexibility index (Phi) is 7.69. The summed E-state index contributed by atoms with van der Waals surface area (Å²) in [6.45, 7) is 6.07. The van der Waals surface area contributed by atoms with E-state index in [4.69, 9.17) is 4.74 Å². The number of amides is 1. The molecule has 1 aliphatic heterocycles. The van der Waals surface area contributed by atoms with E-state index < -0.39 is 0 Å². The van der Waals surface area contributed by atoms with Crippen LogP contribution >= 0.6 is 0 Å². The van der Waals surface area contributed by atoms with Gasteiger partial charge >= 0.3 is 0 Å². The Balaban J connectivity index is 0.000000671. The van der Waals surface area contributed by atoms with Gasteiger partial charge in [-0.2, -0.15) is 0 Å². The van der Waals surface area contributed by atoms with Crippen LogP contribution < -0.4 is 0 Å². The third-order valence-electron chi connectivity index (χ3n) is 1.98. The second-order valence-electron chi connectivity index (χ2n) is 2.87. The van der Waals surface area contributed by atoms with Gasteiger partial charge in [-0.1, -0.05) is 13.8 Å². The van der Waals surface area contributed by atoms with E-state index in [1.807, 2.05) is 18.7 Å². The molecule has 0 radical (unpaired) electrons. The number of nitrogens with zero attached hydrogens (tertiary/aromatic N) is 1. The summed E-state index contributed by atoms with van der Waals surface area (Å²) in [5.74, 6) is 0.132. The Morgan fingerprint density at radius 3 is 2.23 bits per heavy atom. The van der Waals surface area contributed by atoms with Crippen molar-refractivity contribution in [2.45, 2.75) is 33.1 Å². The van der Waals surface area contributed by atoms with Crippen molar-refractivity contribution >= 4 is 5.91 Å². The van der Waals surface area contributed by atoms with Gasteiger partial charge in [0.05, 0.1) is 0 Å². The van der Waals surface area contributed by atoms with Gasteiger partial charge in [-0.3, -0.25) is 4.79 Å². The summed E-state index contributed by atoms with van der Waals surface area (Å²) in [5.41, 5.74) is 0. The van der Waals surface area contributed by atoms with Gasteiger partial charge in [0.15, 0.2) is 0 Å². The van der Waals surface area contributed by atoms with Crippen molar-refractivity contribution in [3.05, 3.63) is 0 Å². The fourth-order valence-corrected chi connectivity index (χ4v) is 1.36. The van der Waals surface area contributed by atoms with E-state index in [0.29, 0.717) is 0 Å². The molecule has 1 heterocycles. The molecule has 0 bridgehead atoms. The molecule has 0 unspecified atom stereocenters. The topological polar surface area (TPSA) is 29.5 Å². The quantitative estimate of drug-likeness (QED) is 0.658. The third-order valence-corrected chi connectivity index (χ3v) is 1.98. The van der Waals surface area contributed by atoms with Gasteiger partial charge in [0.25, 0.3) is 0 Å². The Labute approximate surface area is 81.1 Å². The molecule has 0 aliphatic carbocycles. The van der Waals surface area contributed by atoms with E-state index >= 15 is 0 Å². The molecule has 3 nitrogen and oxygen atoms in total. The molecule has 78 valence electrons. The predicted octanol–water partition coefficient (Wildman–Crippen LogP) is 1.67. The van der Waals surface area contributed by atoms with Crippen molar-refractivity contribution < 1.29 is 9.53 Å². The van der Waals surface area contributed by atoms with Gasteiger partial charge in [0.1, 0.15) is 6.61 Å². The van der Waals surface area contributed by atoms with E-state index in [1.165, 1.54) is 6.42 Å². The first-order valence-corrected chi connectivity index (χ1v) is 5.11. The van der Waals surface area contributed by atoms with Crippen LogP contribution in [0.4, 0.5) is 0 Å². The molecule has 0 spiro atoms. The molecule has 3 heteroatoms. The second kappa shape index (κ2) is 8.05. The molecular formula is C10H21NO2. The van der Waals surface area contributed by atoms with E-state index in [2.05, 4.69) is 0 Å². The molecule has 0 aromatic heterocycles. The summed E-state index contributed by atoms with van der Waals surface area (Å²) in [5, 5.41) is 0. The number of piperidine rings is 1. The van der Waals surface area contributed by atoms with Gasteiger partial charge in [-0.05, 0) is 19.3 Å². The number of hydrogen-bond donors (Lipinski definition) is 0. The maximum atomic E-state index is 11.2. The molecular weight excluding hydrogens is 166 g/mol. The summed E-state index contributed by atoms with van der Waals surface area (Å²) < 4.78 is 4.77. The highest BCUT2D eigenvalue weighted by Crippen LogP contribution is 2.08. The molecule has 1 rings (SSSR count). The van der Waals surface area contributed by atoms with Crippen LogP contribution in [-0.4, -0.2) is 37.6 Å². The van der Waals surface area contributed by atoms with Gasteiger partial charge in [-0.15, -0.1) is 0 Å². The van der Waals surface area contributed by atoms with E-state index in [9.17, 15) is 4.79 Å². The van der Waals surface area contributed by atoms with Crippen LogP contribution in [0.5, 0.6) is 0 Å². The fourth-order valence-electron chi connectivity index (χ4n) is 1.36. The summed E-state index contributed by atoms with van der Waals surface area (Å²) >= 11 is 0. The highest BCUT2D eigenvalue weighted by Gasteiger charge is 2.15. The first-order chi connectivity index (χ1) is 6.34. The van der Waals surface area contributed by atoms with E-state index in [0.717, 1.165) is 25.9 Å². The molecule has 0 aromatic rings. The van der Waals surface area contributed by atoms with Gasteiger partial charge in [-0.25, -0.2) is 0 Å². The van der Waals surface area contributed by atoms with Crippen molar-refractivity contribution in [3.8, 4) is 0 Å². The monoisotopic (exact) mass is 187 g/mol. The van der Waals surface area contributed by atoms with Crippen molar-refractivity contribution in [2.75, 3.05) is 26.8 Å². The first-order valence-electron chi connectivity index (χ1n) is 5.11. The standard InChI is InChI=1S/C8H15NO2.C2H6/c1-11-7-8(10)9-5-3-2-4-6-9;1-2/h2-7H2,1H3;1-2H3. The molecule has 1 aliphatic rings. The summed E-state index contributed by atoms with van der Waals surface area (Å²) in [7, 11) is 1.56. The number of ether oxygens (including phenoxy) is 1. The van der Waals surface area contributed by atoms with Crippen molar-refractivity contribution in [1.82, 2.24) is 4.90 Å². The summed E-state index contributed by atoms with van der Waals surface area (Å²) in [6.07, 6.45) is 3.56. The van der Waals surface area contributed by atoms with Crippen LogP contribution in [-0.2, 0) is 9.53 Å². The highest BCUT2D eigenvalue weighted by molar-refractivity contribution is 5.77. The van der Waals surface area contributed by atoms with Gasteiger partial charge in [0.2, 0.25) is 5.91 Å². The Hall–Kier alpha value is -0.570.